The number of ether oxygens (including phenoxy) is 3. The topological polar surface area (TPSA) is 104 Å². The Bertz CT molecular complexity index is 948. The minimum absolute atomic E-state index is 0.0484. The van der Waals surface area contributed by atoms with Crippen molar-refractivity contribution in [2.75, 3.05) is 20.8 Å². The summed E-state index contributed by atoms with van der Waals surface area (Å²) < 4.78 is 42.7. The zero-order valence-electron chi connectivity index (χ0n) is 14.0. The minimum Gasteiger partial charge on any atom is -0.494 e. The van der Waals surface area contributed by atoms with Gasteiger partial charge in [-0.05, 0) is 12.1 Å². The zero-order chi connectivity index (χ0) is 20.2. The van der Waals surface area contributed by atoms with E-state index in [1.807, 2.05) is 0 Å². The molecule has 146 valence electrons. The normalized spacial score (nSPS) is 11.1. The number of benzene rings is 1. The lowest BCUT2D eigenvalue weighted by atomic mass is 10.3. The number of halogens is 3. The number of sulfonamides is 1. The summed E-state index contributed by atoms with van der Waals surface area (Å²) in [4.78, 5) is 14.9. The number of aromatic nitrogens is 1. The van der Waals surface area contributed by atoms with Crippen LogP contribution in [0.5, 0.6) is 17.4 Å². The second-order valence-corrected chi connectivity index (χ2v) is 8.34. The van der Waals surface area contributed by atoms with Crippen molar-refractivity contribution in [3.8, 4) is 17.4 Å². The van der Waals surface area contributed by atoms with Gasteiger partial charge in [-0.3, -0.25) is 4.79 Å². The number of pyridine rings is 1. The standard InChI is InChI=1S/C15H13BrCl2N2O6S/c1-24-11-6-19-13(26-15-9(17)3-8(16)4-10(15)18)5-12(11)27(22,23)20-7-14(21)25-2/h3-6,20H,7H2,1-2H3. The Morgan fingerprint density at radius 2 is 1.85 bits per heavy atom. The number of nitrogens with zero attached hydrogens (tertiary/aromatic N) is 1. The van der Waals surface area contributed by atoms with Gasteiger partial charge in [0.25, 0.3) is 0 Å². The summed E-state index contributed by atoms with van der Waals surface area (Å²) in [5, 5.41) is 0.389. The molecule has 0 aliphatic rings. The van der Waals surface area contributed by atoms with Crippen molar-refractivity contribution in [3.05, 3.63) is 38.9 Å². The summed E-state index contributed by atoms with van der Waals surface area (Å²) in [7, 11) is -1.70. The highest BCUT2D eigenvalue weighted by atomic mass is 79.9. The average molecular weight is 500 g/mol. The fourth-order valence-corrected chi connectivity index (χ4v) is 4.27. The smallest absolute Gasteiger partial charge is 0.320 e. The number of rotatable bonds is 7. The lowest BCUT2D eigenvalue weighted by Gasteiger charge is -2.13. The van der Waals surface area contributed by atoms with Crippen LogP contribution in [0.1, 0.15) is 0 Å². The Labute approximate surface area is 173 Å². The fourth-order valence-electron chi connectivity index (χ4n) is 1.86. The molecule has 1 heterocycles. The van der Waals surface area contributed by atoms with E-state index in [9.17, 15) is 13.2 Å². The van der Waals surface area contributed by atoms with Crippen molar-refractivity contribution < 1.29 is 27.4 Å². The molecule has 0 atom stereocenters. The second kappa shape index (κ2) is 9.07. The van der Waals surface area contributed by atoms with E-state index in [0.29, 0.717) is 4.47 Å². The second-order valence-electron chi connectivity index (χ2n) is 4.87. The summed E-state index contributed by atoms with van der Waals surface area (Å²) >= 11 is 15.4. The maximum absolute atomic E-state index is 12.5. The van der Waals surface area contributed by atoms with Crippen LogP contribution >= 0.6 is 39.1 Å². The molecule has 0 unspecified atom stereocenters. The van der Waals surface area contributed by atoms with Gasteiger partial charge in [-0.2, -0.15) is 4.72 Å². The van der Waals surface area contributed by atoms with Gasteiger partial charge < -0.3 is 14.2 Å². The highest BCUT2D eigenvalue weighted by Crippen LogP contribution is 2.39. The van der Waals surface area contributed by atoms with Crippen LogP contribution in [0, 0.1) is 0 Å². The Balaban J connectivity index is 2.39. The monoisotopic (exact) mass is 498 g/mol. The average Bonchev–Trinajstić information content (AvgIpc) is 2.62. The molecule has 0 fully saturated rings. The first kappa shape index (κ1) is 21.7. The number of carbonyl (C=O) groups is 1. The van der Waals surface area contributed by atoms with Gasteiger partial charge in [-0.25, -0.2) is 13.4 Å². The van der Waals surface area contributed by atoms with E-state index >= 15 is 0 Å². The van der Waals surface area contributed by atoms with E-state index in [0.717, 1.165) is 19.4 Å². The van der Waals surface area contributed by atoms with Gasteiger partial charge in [-0.1, -0.05) is 39.1 Å². The van der Waals surface area contributed by atoms with Crippen molar-refractivity contribution >= 4 is 55.1 Å². The molecule has 1 N–H and O–H groups in total. The third-order valence-corrected chi connectivity index (χ3v) is 5.56. The van der Waals surface area contributed by atoms with Crippen LogP contribution in [-0.2, 0) is 19.6 Å². The van der Waals surface area contributed by atoms with Crippen molar-refractivity contribution in [2.45, 2.75) is 4.90 Å². The Morgan fingerprint density at radius 3 is 2.41 bits per heavy atom. The predicted molar refractivity (Wildman–Crippen MR) is 102 cm³/mol. The number of hydrogen-bond acceptors (Lipinski definition) is 7. The van der Waals surface area contributed by atoms with Gasteiger partial charge >= 0.3 is 5.97 Å². The predicted octanol–water partition coefficient (Wildman–Crippen LogP) is 3.40. The summed E-state index contributed by atoms with van der Waals surface area (Å²) in [5.74, 6) is -0.797. The molecule has 12 heteroatoms. The summed E-state index contributed by atoms with van der Waals surface area (Å²) in [6.07, 6.45) is 1.16. The highest BCUT2D eigenvalue weighted by Gasteiger charge is 2.23. The third kappa shape index (κ3) is 5.45. The molecular weight excluding hydrogens is 487 g/mol. The lowest BCUT2D eigenvalue weighted by Crippen LogP contribution is -2.30. The SMILES string of the molecule is COC(=O)CNS(=O)(=O)c1cc(Oc2c(Cl)cc(Br)cc2Cl)ncc1OC. The maximum atomic E-state index is 12.5. The number of methoxy groups -OCH3 is 2. The van der Waals surface area contributed by atoms with Crippen LogP contribution in [0.3, 0.4) is 0 Å². The van der Waals surface area contributed by atoms with Crippen LogP contribution in [0.4, 0.5) is 0 Å². The molecule has 0 aliphatic carbocycles. The van der Waals surface area contributed by atoms with E-state index in [1.54, 1.807) is 12.1 Å². The summed E-state index contributed by atoms with van der Waals surface area (Å²) in [6.45, 7) is -0.551. The number of carbonyl (C=O) groups excluding carboxylic acids is 1. The van der Waals surface area contributed by atoms with E-state index in [4.69, 9.17) is 32.7 Å². The quantitative estimate of drug-likeness (QED) is 0.582. The van der Waals surface area contributed by atoms with Crippen LogP contribution in [0.2, 0.25) is 10.0 Å². The molecule has 0 radical (unpaired) electrons. The lowest BCUT2D eigenvalue weighted by molar-refractivity contribution is -0.139. The molecule has 0 spiro atoms. The first-order valence-electron chi connectivity index (χ1n) is 7.11. The summed E-state index contributed by atoms with van der Waals surface area (Å²) in [5.41, 5.74) is 0. The van der Waals surface area contributed by atoms with Gasteiger partial charge in [0.2, 0.25) is 15.9 Å². The van der Waals surface area contributed by atoms with E-state index in [1.165, 1.54) is 7.11 Å². The van der Waals surface area contributed by atoms with Crippen LogP contribution in [0.15, 0.2) is 33.8 Å². The molecule has 0 aliphatic heterocycles. The fraction of sp³-hybridized carbons (Fsp3) is 0.200. The number of nitrogens with one attached hydrogen (secondary N) is 1. The molecule has 27 heavy (non-hydrogen) atoms. The summed E-state index contributed by atoms with van der Waals surface area (Å²) in [6, 6.07) is 4.23. The van der Waals surface area contributed by atoms with Gasteiger partial charge in [-0.15, -0.1) is 0 Å². The van der Waals surface area contributed by atoms with Crippen LogP contribution in [0.25, 0.3) is 0 Å². The van der Waals surface area contributed by atoms with Crippen LogP contribution in [-0.4, -0.2) is 40.1 Å². The Hall–Kier alpha value is -1.59. The van der Waals surface area contributed by atoms with Gasteiger partial charge in [0.15, 0.2) is 11.5 Å². The largest absolute Gasteiger partial charge is 0.494 e. The Morgan fingerprint density at radius 1 is 1.22 bits per heavy atom. The van der Waals surface area contributed by atoms with Gasteiger partial charge in [0.05, 0.1) is 30.5 Å². The van der Waals surface area contributed by atoms with Crippen molar-refractivity contribution in [3.63, 3.8) is 0 Å². The first-order valence-corrected chi connectivity index (χ1v) is 10.1. The van der Waals surface area contributed by atoms with Crippen molar-refractivity contribution in [2.24, 2.45) is 0 Å². The van der Waals surface area contributed by atoms with Gasteiger partial charge in [0.1, 0.15) is 11.4 Å². The Kier molecular flexibility index (Phi) is 7.29. The highest BCUT2D eigenvalue weighted by molar-refractivity contribution is 9.10. The number of hydrogen-bond donors (Lipinski definition) is 1. The zero-order valence-corrected chi connectivity index (χ0v) is 17.9. The van der Waals surface area contributed by atoms with Crippen molar-refractivity contribution in [1.82, 2.24) is 9.71 Å². The van der Waals surface area contributed by atoms with Gasteiger partial charge in [0, 0.05) is 10.5 Å². The van der Waals surface area contributed by atoms with E-state index < -0.39 is 22.5 Å². The molecule has 0 saturated heterocycles. The molecule has 0 bridgehead atoms. The van der Waals surface area contributed by atoms with E-state index in [2.05, 4.69) is 30.4 Å². The minimum atomic E-state index is -4.12. The maximum Gasteiger partial charge on any atom is 0.320 e. The van der Waals surface area contributed by atoms with Crippen LogP contribution < -0.4 is 14.2 Å². The molecule has 1 aromatic heterocycles. The molecule has 0 amide bonds. The first-order chi connectivity index (χ1) is 12.7. The molecule has 0 saturated carbocycles. The number of esters is 1. The third-order valence-electron chi connectivity index (χ3n) is 3.12. The van der Waals surface area contributed by atoms with E-state index in [-0.39, 0.29) is 32.3 Å². The molecule has 2 aromatic rings. The molecular formula is C15H13BrCl2N2O6S. The van der Waals surface area contributed by atoms with Crippen molar-refractivity contribution in [1.29, 1.82) is 0 Å². The molecule has 8 nitrogen and oxygen atoms in total. The molecule has 1 aromatic carbocycles. The molecule has 2 rings (SSSR count).